The summed E-state index contributed by atoms with van der Waals surface area (Å²) in [6.07, 6.45) is 7.14. The van der Waals surface area contributed by atoms with Crippen LogP contribution in [0.1, 0.15) is 108 Å². The van der Waals surface area contributed by atoms with Gasteiger partial charge in [-0.2, -0.15) is 0 Å². The lowest BCUT2D eigenvalue weighted by molar-refractivity contribution is 0.195. The van der Waals surface area contributed by atoms with E-state index in [4.69, 9.17) is 4.42 Å². The Labute approximate surface area is 405 Å². The van der Waals surface area contributed by atoms with Gasteiger partial charge in [0.2, 0.25) is 0 Å². The normalized spacial score (nSPS) is 21.5. The van der Waals surface area contributed by atoms with Crippen LogP contribution in [0.25, 0.3) is 71.3 Å². The summed E-state index contributed by atoms with van der Waals surface area (Å²) < 4.78 is 9.85. The topological polar surface area (TPSA) is 24.6 Å². The maximum Gasteiger partial charge on any atom is 0.333 e. The zero-order valence-electron chi connectivity index (χ0n) is 41.3. The number of nitrogens with zero attached hydrogens (tertiary/aromatic N) is 3. The number of aromatic nitrogens is 1. The quantitative estimate of drug-likeness (QED) is 0.162. The minimum Gasteiger partial charge on any atom is -0.456 e. The zero-order valence-corrected chi connectivity index (χ0v) is 41.3. The molecule has 3 aliphatic heterocycles. The van der Waals surface area contributed by atoms with Crippen LogP contribution in [0.4, 0.5) is 22.7 Å². The third-order valence-corrected chi connectivity index (χ3v) is 18.9. The van der Waals surface area contributed by atoms with E-state index in [1.165, 1.54) is 154 Å². The summed E-state index contributed by atoms with van der Waals surface area (Å²) in [7, 11) is 0. The van der Waals surface area contributed by atoms with Gasteiger partial charge in [-0.15, -0.1) is 0 Å². The van der Waals surface area contributed by atoms with Crippen molar-refractivity contribution in [1.29, 1.82) is 0 Å². The van der Waals surface area contributed by atoms with E-state index >= 15 is 0 Å². The molecule has 1 fully saturated rings. The van der Waals surface area contributed by atoms with Crippen LogP contribution in [0.5, 0.6) is 0 Å². The minimum atomic E-state index is -0.129. The van der Waals surface area contributed by atoms with E-state index in [2.05, 4.69) is 203 Å². The molecule has 5 heteroatoms. The molecule has 5 heterocycles. The van der Waals surface area contributed by atoms with Crippen molar-refractivity contribution < 1.29 is 4.42 Å². The van der Waals surface area contributed by atoms with Gasteiger partial charge in [0.15, 0.2) is 0 Å². The van der Waals surface area contributed by atoms with Crippen molar-refractivity contribution in [2.45, 2.75) is 116 Å². The van der Waals surface area contributed by atoms with Crippen LogP contribution < -0.4 is 20.6 Å². The first-order valence-electron chi connectivity index (χ1n) is 25.7. The fourth-order valence-corrected chi connectivity index (χ4v) is 14.9. The number of anilines is 4. The average molecular weight is 896 g/mol. The van der Waals surface area contributed by atoms with Crippen LogP contribution in [-0.4, -0.2) is 17.0 Å². The summed E-state index contributed by atoms with van der Waals surface area (Å²) in [5.74, 6) is 0. The molecule has 69 heavy (non-hydrogen) atoms. The van der Waals surface area contributed by atoms with Crippen molar-refractivity contribution in [3.05, 3.63) is 161 Å². The molecular weight excluding hydrogens is 838 g/mol. The molecule has 0 N–H and O–H groups in total. The number of aryl methyl sites for hydroxylation is 2. The number of furan rings is 1. The molecule has 4 nitrogen and oxygen atoms in total. The van der Waals surface area contributed by atoms with Gasteiger partial charge in [0.1, 0.15) is 11.2 Å². The second-order valence-electron chi connectivity index (χ2n) is 23.6. The second kappa shape index (κ2) is 13.1. The highest BCUT2D eigenvalue weighted by atomic mass is 16.3. The molecule has 0 amide bonds. The van der Waals surface area contributed by atoms with Crippen molar-refractivity contribution >= 4 is 95.0 Å². The molecule has 8 aromatic carbocycles. The first-order chi connectivity index (χ1) is 33.3. The number of para-hydroxylation sites is 1. The molecule has 5 aliphatic rings. The van der Waals surface area contributed by atoms with Crippen LogP contribution in [0.2, 0.25) is 0 Å². The van der Waals surface area contributed by atoms with E-state index in [9.17, 15) is 0 Å². The maximum atomic E-state index is 7.15. The van der Waals surface area contributed by atoms with Crippen LogP contribution in [0.3, 0.4) is 0 Å². The van der Waals surface area contributed by atoms with E-state index in [-0.39, 0.29) is 28.6 Å². The third kappa shape index (κ3) is 4.97. The summed E-state index contributed by atoms with van der Waals surface area (Å²) in [5.41, 5.74) is 23.1. The molecule has 2 aliphatic carbocycles. The Bertz CT molecular complexity index is 3940. The summed E-state index contributed by atoms with van der Waals surface area (Å²) >= 11 is 0. The van der Waals surface area contributed by atoms with Gasteiger partial charge in [-0.05, 0) is 144 Å². The standard InChI is InChI=1S/C64H58BN3O/c1-37-19-23-40(24-20-37)68-53-36-56-44(45-33-48-49(35-55(45)69-56)62(5,6)30-29-61(48,3)4)32-43(53)46-34-54(67-51-18-12-11-17-47(51)63(7)27-13-14-28-64(63,67)8)57-42-25-22-39-15-9-10-16-41(39)59(42)66-52-26-21-38(2)31-50(52)65(68)58(46)60(57)66/h9-12,15-26,31-36H,13-14,27-30H2,1-8H3. The minimum absolute atomic E-state index is 0.00235. The number of rotatable bonds is 2. The van der Waals surface area contributed by atoms with E-state index in [1.807, 2.05) is 0 Å². The first kappa shape index (κ1) is 40.2. The highest BCUT2D eigenvalue weighted by Crippen LogP contribution is 2.63. The van der Waals surface area contributed by atoms with Crippen LogP contribution in [0, 0.1) is 13.8 Å². The Balaban J connectivity index is 1.15. The highest BCUT2D eigenvalue weighted by Gasteiger charge is 2.58. The predicted molar refractivity (Wildman–Crippen MR) is 292 cm³/mol. The Morgan fingerprint density at radius 1 is 0.507 bits per heavy atom. The Morgan fingerprint density at radius 2 is 1.22 bits per heavy atom. The molecule has 1 saturated carbocycles. The van der Waals surface area contributed by atoms with E-state index in [0.717, 1.165) is 17.6 Å². The molecule has 2 atom stereocenters. The molecule has 10 aromatic rings. The van der Waals surface area contributed by atoms with Gasteiger partial charge >= 0.3 is 6.85 Å². The average Bonchev–Trinajstić information content (AvgIpc) is 3.95. The lowest BCUT2D eigenvalue weighted by Crippen LogP contribution is -2.60. The van der Waals surface area contributed by atoms with E-state index < -0.39 is 0 Å². The Morgan fingerprint density at radius 3 is 2.04 bits per heavy atom. The summed E-state index contributed by atoms with van der Waals surface area (Å²) in [4.78, 5) is 5.52. The lowest BCUT2D eigenvalue weighted by Gasteiger charge is -2.51. The van der Waals surface area contributed by atoms with Crippen LogP contribution in [-0.2, 0) is 16.2 Å². The number of hydrogen-bond acceptors (Lipinski definition) is 3. The number of hydrogen-bond donors (Lipinski definition) is 0. The van der Waals surface area contributed by atoms with Gasteiger partial charge in [-0.25, -0.2) is 0 Å². The van der Waals surface area contributed by atoms with Gasteiger partial charge in [-0.1, -0.05) is 137 Å². The van der Waals surface area contributed by atoms with Gasteiger partial charge in [0, 0.05) is 66.7 Å². The van der Waals surface area contributed by atoms with Gasteiger partial charge in [0.25, 0.3) is 0 Å². The van der Waals surface area contributed by atoms with Crippen molar-refractivity contribution in [3.8, 4) is 16.8 Å². The van der Waals surface area contributed by atoms with Crippen LogP contribution >= 0.6 is 0 Å². The molecule has 338 valence electrons. The summed E-state index contributed by atoms with van der Waals surface area (Å²) in [5, 5.41) is 7.64. The Kier molecular flexibility index (Phi) is 7.64. The summed E-state index contributed by atoms with van der Waals surface area (Å²) in [6.45, 7) is 19.2. The smallest absolute Gasteiger partial charge is 0.333 e. The zero-order chi connectivity index (χ0) is 46.7. The second-order valence-corrected chi connectivity index (χ2v) is 23.6. The Hall–Kier alpha value is -6.72. The van der Waals surface area contributed by atoms with Crippen LogP contribution in [0.15, 0.2) is 138 Å². The molecule has 0 bridgehead atoms. The third-order valence-electron chi connectivity index (χ3n) is 18.9. The highest BCUT2D eigenvalue weighted by molar-refractivity contribution is 6.94. The van der Waals surface area contributed by atoms with Crippen molar-refractivity contribution in [2.24, 2.45) is 0 Å². The monoisotopic (exact) mass is 895 g/mol. The van der Waals surface area contributed by atoms with Gasteiger partial charge in [-0.3, -0.25) is 0 Å². The number of fused-ring (bicyclic) bond motifs is 17. The molecule has 0 radical (unpaired) electrons. The predicted octanol–water partition coefficient (Wildman–Crippen LogP) is 15.8. The maximum absolute atomic E-state index is 7.15. The van der Waals surface area contributed by atoms with Gasteiger partial charge in [0.05, 0.1) is 22.3 Å². The van der Waals surface area contributed by atoms with Crippen molar-refractivity contribution in [1.82, 2.24) is 4.57 Å². The summed E-state index contributed by atoms with van der Waals surface area (Å²) in [6, 6.07) is 52.3. The SMILES string of the molecule is Cc1ccc(N2B3c4cc(C)ccc4-n4c5c3c(cc(N3c6ccccc6C6(C)CCCCC36C)c5c3ccc5ccccc5c34)-c3cc4c(cc32)oc2cc3c(cc24)C(C)(C)CCC3(C)C)cc1. The number of benzene rings is 8. The van der Waals surface area contributed by atoms with E-state index in [1.54, 1.807) is 0 Å². The van der Waals surface area contributed by atoms with Crippen molar-refractivity contribution in [2.75, 3.05) is 9.71 Å². The van der Waals surface area contributed by atoms with Crippen molar-refractivity contribution in [3.63, 3.8) is 0 Å². The largest absolute Gasteiger partial charge is 0.456 e. The molecule has 2 unspecified atom stereocenters. The van der Waals surface area contributed by atoms with E-state index in [0.29, 0.717) is 0 Å². The van der Waals surface area contributed by atoms with Gasteiger partial charge < -0.3 is 18.7 Å². The molecule has 0 saturated heterocycles. The molecule has 15 rings (SSSR count). The first-order valence-corrected chi connectivity index (χ1v) is 25.7. The fraction of sp³-hybridized carbons (Fsp3) is 0.281. The molecule has 2 aromatic heterocycles. The fourth-order valence-electron chi connectivity index (χ4n) is 14.9. The molecule has 0 spiro atoms. The molecular formula is C64H58BN3O. The lowest BCUT2D eigenvalue weighted by atomic mass is 9.43.